The van der Waals surface area contributed by atoms with Crippen LogP contribution in [-0.2, 0) is 4.79 Å². The minimum atomic E-state index is -0.333. The Morgan fingerprint density at radius 3 is 2.70 bits per heavy atom. The molecule has 0 radical (unpaired) electrons. The van der Waals surface area contributed by atoms with E-state index in [0.29, 0.717) is 41.9 Å². The van der Waals surface area contributed by atoms with Gasteiger partial charge in [0.05, 0.1) is 23.1 Å². The van der Waals surface area contributed by atoms with E-state index in [0.717, 1.165) is 40.8 Å². The van der Waals surface area contributed by atoms with Crippen LogP contribution < -0.4 is 11.1 Å². The molecule has 1 aromatic carbocycles. The second-order valence-electron chi connectivity index (χ2n) is 11.2. The average molecular weight is 576 g/mol. The van der Waals surface area contributed by atoms with Crippen LogP contribution in [0.3, 0.4) is 0 Å². The summed E-state index contributed by atoms with van der Waals surface area (Å²) in [7, 11) is 2.10. The number of nitrogens with zero attached hydrogens (tertiary/aromatic N) is 7. The molecule has 1 aliphatic heterocycles. The van der Waals surface area contributed by atoms with Gasteiger partial charge >= 0.3 is 0 Å². The summed E-state index contributed by atoms with van der Waals surface area (Å²) in [6.45, 7) is 4.05. The summed E-state index contributed by atoms with van der Waals surface area (Å²) in [4.78, 5) is 43.0. The topological polar surface area (TPSA) is 146 Å². The third-order valence-corrected chi connectivity index (χ3v) is 8.29. The van der Waals surface area contributed by atoms with E-state index in [-0.39, 0.29) is 17.9 Å². The maximum atomic E-state index is 13.0. The third kappa shape index (κ3) is 5.69. The second-order valence-corrected chi connectivity index (χ2v) is 11.2. The van der Waals surface area contributed by atoms with Crippen LogP contribution in [0.1, 0.15) is 46.9 Å². The Morgan fingerprint density at radius 1 is 1.16 bits per heavy atom. The van der Waals surface area contributed by atoms with E-state index >= 15 is 0 Å². The number of nitrogens with two attached hydrogens (primary N) is 1. The van der Waals surface area contributed by atoms with Crippen molar-refractivity contribution < 1.29 is 9.59 Å². The molecule has 43 heavy (non-hydrogen) atoms. The molecule has 4 heterocycles. The molecule has 0 unspecified atom stereocenters. The maximum Gasteiger partial charge on any atom is 0.256 e. The number of fused-ring (bicyclic) bond motifs is 1. The first-order valence-corrected chi connectivity index (χ1v) is 14.4. The lowest BCUT2D eigenvalue weighted by Gasteiger charge is -2.18. The highest BCUT2D eigenvalue weighted by molar-refractivity contribution is 6.05. The summed E-state index contributed by atoms with van der Waals surface area (Å²) in [6, 6.07) is 13.1. The largest absolute Gasteiger partial charge is 0.383 e. The molecule has 6 rings (SSSR count). The molecule has 1 aliphatic carbocycles. The van der Waals surface area contributed by atoms with Crippen molar-refractivity contribution in [1.82, 2.24) is 29.3 Å². The molecule has 1 atom stereocenters. The van der Waals surface area contributed by atoms with Gasteiger partial charge in [-0.25, -0.2) is 15.0 Å². The molecule has 1 saturated heterocycles. The van der Waals surface area contributed by atoms with Crippen LogP contribution in [0.2, 0.25) is 0 Å². The second kappa shape index (κ2) is 11.7. The van der Waals surface area contributed by atoms with Crippen molar-refractivity contribution in [2.24, 2.45) is 0 Å². The van der Waals surface area contributed by atoms with Crippen molar-refractivity contribution in [2.45, 2.75) is 38.3 Å². The number of anilines is 2. The zero-order chi connectivity index (χ0) is 30.1. The van der Waals surface area contributed by atoms with Crippen LogP contribution in [0.5, 0.6) is 0 Å². The van der Waals surface area contributed by atoms with Crippen LogP contribution in [0.15, 0.2) is 61.1 Å². The maximum absolute atomic E-state index is 13.0. The van der Waals surface area contributed by atoms with Crippen molar-refractivity contribution in [2.75, 3.05) is 37.7 Å². The average Bonchev–Trinajstić information content (AvgIpc) is 3.68. The van der Waals surface area contributed by atoms with Gasteiger partial charge in [0.15, 0.2) is 0 Å². The predicted molar refractivity (Wildman–Crippen MR) is 164 cm³/mol. The molecule has 11 nitrogen and oxygen atoms in total. The van der Waals surface area contributed by atoms with Gasteiger partial charge in [0.2, 0.25) is 5.91 Å². The lowest BCUT2D eigenvalue weighted by Crippen LogP contribution is -2.28. The minimum Gasteiger partial charge on any atom is -0.383 e. The number of hydrogen-bond donors (Lipinski definition) is 2. The molecule has 2 fully saturated rings. The van der Waals surface area contributed by atoms with Gasteiger partial charge in [-0.1, -0.05) is 18.2 Å². The monoisotopic (exact) mass is 575 g/mol. The van der Waals surface area contributed by atoms with Gasteiger partial charge in [0.1, 0.15) is 23.6 Å². The van der Waals surface area contributed by atoms with E-state index in [1.807, 2.05) is 36.1 Å². The first-order chi connectivity index (χ1) is 20.8. The SMILES string of the molecule is Cc1c(-c2ccc(C(=O)Nc3cc(C#N)ccn3)cc2)c2c(N)ncnc2n1[C@@H]1CCN(C(=O)/C=C/CN(C)C2CC2)C1. The normalized spacial score (nSPS) is 16.7. The number of aromatic nitrogens is 4. The van der Waals surface area contributed by atoms with Gasteiger partial charge in [-0.15, -0.1) is 0 Å². The zero-order valence-electron chi connectivity index (χ0n) is 24.2. The molecule has 4 aromatic rings. The van der Waals surface area contributed by atoms with E-state index in [2.05, 4.69) is 36.8 Å². The number of nitrogen functional groups attached to an aromatic ring is 1. The number of pyridine rings is 1. The molecule has 0 spiro atoms. The van der Waals surface area contributed by atoms with Gasteiger partial charge in [0, 0.05) is 54.8 Å². The van der Waals surface area contributed by atoms with Crippen molar-refractivity contribution in [3.05, 3.63) is 77.9 Å². The highest BCUT2D eigenvalue weighted by Gasteiger charge is 2.31. The fraction of sp³-hybridized carbons (Fsp3) is 0.312. The lowest BCUT2D eigenvalue weighted by atomic mass is 10.0. The molecule has 218 valence electrons. The first-order valence-electron chi connectivity index (χ1n) is 14.4. The summed E-state index contributed by atoms with van der Waals surface area (Å²) in [5.74, 6) is 0.376. The number of hydrogen-bond acceptors (Lipinski definition) is 8. The van der Waals surface area contributed by atoms with Gasteiger partial charge in [0.25, 0.3) is 5.91 Å². The summed E-state index contributed by atoms with van der Waals surface area (Å²) < 4.78 is 2.18. The standard InChI is InChI=1S/C32H33N9O2/c1-20-28(22-5-7-23(8-6-22)32(43)38-26-16-21(17-33)11-13-35-26)29-30(34)36-19-37-31(29)41(20)25-12-15-40(18-25)27(42)4-3-14-39(2)24-9-10-24/h3-8,11,13,16,19,24-25H,9-10,12,14-15,18H2,1-2H3,(H2,34,36,37)(H,35,38,43)/b4-3+/t25-/m1/s1. The Labute approximate surface area is 249 Å². The van der Waals surface area contributed by atoms with E-state index in [4.69, 9.17) is 11.0 Å². The number of carbonyl (C=O) groups excluding carboxylic acids is 2. The quantitative estimate of drug-likeness (QED) is 0.301. The van der Waals surface area contributed by atoms with Crippen LogP contribution in [0, 0.1) is 18.3 Å². The van der Waals surface area contributed by atoms with Crippen molar-refractivity contribution in [1.29, 1.82) is 5.26 Å². The first kappa shape index (κ1) is 28.1. The number of nitrogens with one attached hydrogen (secondary N) is 1. The van der Waals surface area contributed by atoms with E-state index < -0.39 is 0 Å². The number of amides is 2. The van der Waals surface area contributed by atoms with Crippen molar-refractivity contribution in [3.8, 4) is 17.2 Å². The number of benzene rings is 1. The van der Waals surface area contributed by atoms with Gasteiger partial charge < -0.3 is 20.5 Å². The molecular formula is C32H33N9O2. The fourth-order valence-electron chi connectivity index (χ4n) is 5.86. The smallest absolute Gasteiger partial charge is 0.256 e. The molecule has 3 N–H and O–H groups in total. The summed E-state index contributed by atoms with van der Waals surface area (Å²) >= 11 is 0. The molecule has 0 bridgehead atoms. The Balaban J connectivity index is 1.23. The fourth-order valence-corrected chi connectivity index (χ4v) is 5.86. The summed E-state index contributed by atoms with van der Waals surface area (Å²) in [6.07, 6.45) is 9.88. The van der Waals surface area contributed by atoms with E-state index in [1.165, 1.54) is 31.4 Å². The summed E-state index contributed by atoms with van der Waals surface area (Å²) in [5.41, 5.74) is 10.7. The van der Waals surface area contributed by atoms with Crippen molar-refractivity contribution in [3.63, 3.8) is 0 Å². The van der Waals surface area contributed by atoms with Crippen LogP contribution >= 0.6 is 0 Å². The Bertz CT molecular complexity index is 1770. The highest BCUT2D eigenvalue weighted by Crippen LogP contribution is 2.40. The number of rotatable bonds is 8. The third-order valence-electron chi connectivity index (χ3n) is 8.29. The van der Waals surface area contributed by atoms with E-state index in [1.54, 1.807) is 24.3 Å². The number of likely N-dealkylation sites (tertiary alicyclic amines) is 1. The van der Waals surface area contributed by atoms with Gasteiger partial charge in [-0.05, 0) is 63.1 Å². The minimum absolute atomic E-state index is 0.0265. The van der Waals surface area contributed by atoms with Crippen LogP contribution in [-0.4, -0.2) is 73.9 Å². The van der Waals surface area contributed by atoms with Crippen LogP contribution in [0.4, 0.5) is 11.6 Å². The number of likely N-dealkylation sites (N-methyl/N-ethyl adjacent to an activating group) is 1. The highest BCUT2D eigenvalue weighted by atomic mass is 16.2. The number of carbonyl (C=O) groups is 2. The Kier molecular flexibility index (Phi) is 7.61. The Morgan fingerprint density at radius 2 is 1.95 bits per heavy atom. The van der Waals surface area contributed by atoms with E-state index in [9.17, 15) is 9.59 Å². The molecule has 11 heteroatoms. The molecular weight excluding hydrogens is 542 g/mol. The molecule has 1 saturated carbocycles. The summed E-state index contributed by atoms with van der Waals surface area (Å²) in [5, 5.41) is 12.6. The van der Waals surface area contributed by atoms with Crippen molar-refractivity contribution >= 4 is 34.5 Å². The molecule has 2 amide bonds. The predicted octanol–water partition coefficient (Wildman–Crippen LogP) is 3.93. The van der Waals surface area contributed by atoms with Crippen LogP contribution in [0.25, 0.3) is 22.2 Å². The lowest BCUT2D eigenvalue weighted by molar-refractivity contribution is -0.125. The van der Waals surface area contributed by atoms with Gasteiger partial charge in [-0.2, -0.15) is 5.26 Å². The molecule has 3 aromatic heterocycles. The molecule has 2 aliphatic rings. The number of nitriles is 1. The Hall–Kier alpha value is -5.08. The zero-order valence-corrected chi connectivity index (χ0v) is 24.2. The van der Waals surface area contributed by atoms with Gasteiger partial charge in [-0.3, -0.25) is 14.5 Å².